The second-order valence-corrected chi connectivity index (χ2v) is 8.76. The normalized spacial score (nSPS) is 10.7. The molecule has 3 aromatic rings. The first-order valence-corrected chi connectivity index (χ1v) is 11.1. The number of carbonyl (C=O) groups is 2. The van der Waals surface area contributed by atoms with Gasteiger partial charge in [-0.3, -0.25) is 19.4 Å². The van der Waals surface area contributed by atoms with Crippen LogP contribution in [-0.4, -0.2) is 32.7 Å². The van der Waals surface area contributed by atoms with Crippen molar-refractivity contribution in [3.05, 3.63) is 61.9 Å². The molecule has 0 aliphatic carbocycles. The minimum Gasteiger partial charge on any atom is -0.325 e. The Hall–Kier alpha value is -2.88. The number of anilines is 2. The lowest BCUT2D eigenvalue weighted by atomic mass is 10.0. The highest BCUT2D eigenvalue weighted by molar-refractivity contribution is 7.99. The minimum absolute atomic E-state index is 0.0242. The van der Waals surface area contributed by atoms with Crippen molar-refractivity contribution in [2.45, 2.75) is 25.9 Å². The number of nitrogens with zero attached hydrogens (tertiary/aromatic N) is 2. The zero-order chi connectivity index (χ0) is 23.4. The molecule has 3 N–H and O–H groups in total. The van der Waals surface area contributed by atoms with Crippen LogP contribution in [0, 0.1) is 13.8 Å². The Morgan fingerprint density at radius 3 is 2.50 bits per heavy atom. The molecule has 0 unspecified atom stereocenters. The van der Waals surface area contributed by atoms with Gasteiger partial charge in [-0.1, -0.05) is 46.6 Å². The number of nitrogens with one attached hydrogen (secondary N) is 3. The number of aryl methyl sites for hydroxylation is 2. The maximum Gasteiger partial charge on any atom is 0.278 e. The van der Waals surface area contributed by atoms with Crippen molar-refractivity contribution >= 4 is 58.2 Å². The number of amides is 2. The van der Waals surface area contributed by atoms with Crippen LogP contribution in [-0.2, 0) is 9.59 Å². The summed E-state index contributed by atoms with van der Waals surface area (Å²) in [6, 6.07) is 8.38. The van der Waals surface area contributed by atoms with Gasteiger partial charge in [0.25, 0.3) is 5.56 Å². The van der Waals surface area contributed by atoms with Gasteiger partial charge in [0.2, 0.25) is 11.8 Å². The van der Waals surface area contributed by atoms with Crippen LogP contribution in [0.3, 0.4) is 0 Å². The number of aromatic nitrogens is 3. The molecule has 166 valence electrons. The highest BCUT2D eigenvalue weighted by atomic mass is 35.5. The molecule has 0 aliphatic heterocycles. The second-order valence-electron chi connectivity index (χ2n) is 6.95. The average Bonchev–Trinajstić information content (AvgIpc) is 2.70. The van der Waals surface area contributed by atoms with Crippen molar-refractivity contribution in [3.8, 4) is 11.3 Å². The Balaban J connectivity index is 1.77. The lowest BCUT2D eigenvalue weighted by Crippen LogP contribution is -2.18. The molecule has 2 aromatic carbocycles. The summed E-state index contributed by atoms with van der Waals surface area (Å²) < 4.78 is 0. The molecule has 11 heteroatoms. The Bertz CT molecular complexity index is 1260. The molecule has 0 fully saturated rings. The van der Waals surface area contributed by atoms with Crippen LogP contribution in [0.25, 0.3) is 11.3 Å². The smallest absolute Gasteiger partial charge is 0.278 e. The summed E-state index contributed by atoms with van der Waals surface area (Å²) in [6.07, 6.45) is 0. The summed E-state index contributed by atoms with van der Waals surface area (Å²) >= 11 is 12.9. The third-order valence-corrected chi connectivity index (χ3v) is 5.67. The van der Waals surface area contributed by atoms with Crippen LogP contribution in [0.2, 0.25) is 10.0 Å². The third kappa shape index (κ3) is 5.87. The fourth-order valence-electron chi connectivity index (χ4n) is 2.97. The maximum atomic E-state index is 12.7. The standard InChI is InChI=1S/C21H19Cl2N5O3S/c1-10-6-11(2)18(24-12(3)29)14(7-10)19-20(31)26-21(28-27-19)32-9-17(30)25-16-5-4-13(22)8-15(16)23/h4-8H,9H2,1-3H3,(H,24,29)(H,25,30)(H,26,28,31). The molecule has 2 amide bonds. The Morgan fingerprint density at radius 2 is 1.84 bits per heavy atom. The molecule has 3 rings (SSSR count). The van der Waals surface area contributed by atoms with Gasteiger partial charge in [-0.2, -0.15) is 0 Å². The van der Waals surface area contributed by atoms with Gasteiger partial charge in [0.1, 0.15) is 0 Å². The summed E-state index contributed by atoms with van der Waals surface area (Å²) in [5.74, 6) is -0.626. The summed E-state index contributed by atoms with van der Waals surface area (Å²) in [7, 11) is 0. The highest BCUT2D eigenvalue weighted by Gasteiger charge is 2.17. The van der Waals surface area contributed by atoms with E-state index in [1.54, 1.807) is 18.2 Å². The first-order valence-electron chi connectivity index (χ1n) is 9.38. The van der Waals surface area contributed by atoms with E-state index in [2.05, 4.69) is 25.8 Å². The van der Waals surface area contributed by atoms with E-state index in [-0.39, 0.29) is 28.4 Å². The fraction of sp³-hybridized carbons (Fsp3) is 0.190. The number of thioether (sulfide) groups is 1. The van der Waals surface area contributed by atoms with Gasteiger partial charge in [0.05, 0.1) is 22.2 Å². The molecular formula is C21H19Cl2N5O3S. The predicted molar refractivity (Wildman–Crippen MR) is 128 cm³/mol. The summed E-state index contributed by atoms with van der Waals surface area (Å²) in [5.41, 5.74) is 2.69. The maximum absolute atomic E-state index is 12.7. The molecule has 1 heterocycles. The Morgan fingerprint density at radius 1 is 1.09 bits per heavy atom. The van der Waals surface area contributed by atoms with Gasteiger partial charge >= 0.3 is 0 Å². The number of hydrogen-bond acceptors (Lipinski definition) is 6. The quantitative estimate of drug-likeness (QED) is 0.438. The minimum atomic E-state index is -0.486. The molecule has 0 spiro atoms. The van der Waals surface area contributed by atoms with E-state index in [4.69, 9.17) is 23.2 Å². The van der Waals surface area contributed by atoms with E-state index in [1.165, 1.54) is 13.0 Å². The topological polar surface area (TPSA) is 117 Å². The van der Waals surface area contributed by atoms with Crippen LogP contribution in [0.4, 0.5) is 11.4 Å². The van der Waals surface area contributed by atoms with Crippen molar-refractivity contribution in [2.24, 2.45) is 0 Å². The molecule has 0 aliphatic rings. The number of carbonyl (C=O) groups excluding carboxylic acids is 2. The van der Waals surface area contributed by atoms with E-state index in [1.807, 2.05) is 19.9 Å². The largest absolute Gasteiger partial charge is 0.325 e. The number of halogens is 2. The van der Waals surface area contributed by atoms with Gasteiger partial charge in [-0.25, -0.2) is 0 Å². The van der Waals surface area contributed by atoms with E-state index >= 15 is 0 Å². The SMILES string of the molecule is CC(=O)Nc1c(C)cc(C)cc1-c1nnc(SCC(=O)Nc2ccc(Cl)cc2Cl)[nH]c1=O. The number of aromatic amines is 1. The molecule has 0 saturated heterocycles. The van der Waals surface area contributed by atoms with E-state index < -0.39 is 5.56 Å². The van der Waals surface area contributed by atoms with Gasteiger partial charge in [0, 0.05) is 17.5 Å². The molecule has 0 radical (unpaired) electrons. The fourth-order valence-corrected chi connectivity index (χ4v) is 4.03. The number of hydrogen-bond donors (Lipinski definition) is 3. The van der Waals surface area contributed by atoms with Gasteiger partial charge in [-0.15, -0.1) is 10.2 Å². The van der Waals surface area contributed by atoms with Gasteiger partial charge in [0.15, 0.2) is 10.9 Å². The summed E-state index contributed by atoms with van der Waals surface area (Å²) in [5, 5.41) is 14.4. The third-order valence-electron chi connectivity index (χ3n) is 4.26. The van der Waals surface area contributed by atoms with Crippen LogP contribution in [0.5, 0.6) is 0 Å². The van der Waals surface area contributed by atoms with Crippen LogP contribution in [0.1, 0.15) is 18.1 Å². The first-order chi connectivity index (χ1) is 15.1. The monoisotopic (exact) mass is 491 g/mol. The van der Waals surface area contributed by atoms with Gasteiger partial charge in [-0.05, 0) is 43.7 Å². The Labute approximate surface area is 198 Å². The Kier molecular flexibility index (Phi) is 7.55. The lowest BCUT2D eigenvalue weighted by molar-refractivity contribution is -0.114. The van der Waals surface area contributed by atoms with Crippen LogP contribution < -0.4 is 16.2 Å². The zero-order valence-corrected chi connectivity index (χ0v) is 19.7. The van der Waals surface area contributed by atoms with E-state index in [9.17, 15) is 14.4 Å². The van der Waals surface area contributed by atoms with Crippen LogP contribution >= 0.6 is 35.0 Å². The van der Waals surface area contributed by atoms with Crippen molar-refractivity contribution in [3.63, 3.8) is 0 Å². The average molecular weight is 492 g/mol. The van der Waals surface area contributed by atoms with Crippen molar-refractivity contribution in [2.75, 3.05) is 16.4 Å². The molecule has 1 aromatic heterocycles. The molecular weight excluding hydrogens is 473 g/mol. The summed E-state index contributed by atoms with van der Waals surface area (Å²) in [6.45, 7) is 5.10. The molecule has 0 atom stereocenters. The van der Waals surface area contributed by atoms with Crippen molar-refractivity contribution in [1.29, 1.82) is 0 Å². The molecule has 0 saturated carbocycles. The first kappa shape index (κ1) is 23.8. The van der Waals surface area contributed by atoms with E-state index in [0.717, 1.165) is 22.9 Å². The number of rotatable bonds is 6. The predicted octanol–water partition coefficient (Wildman–Crippen LogP) is 4.44. The molecule has 8 nitrogen and oxygen atoms in total. The van der Waals surface area contributed by atoms with Gasteiger partial charge < -0.3 is 10.6 Å². The van der Waals surface area contributed by atoms with Crippen molar-refractivity contribution in [1.82, 2.24) is 15.2 Å². The molecule has 32 heavy (non-hydrogen) atoms. The number of H-pyrrole nitrogens is 1. The van der Waals surface area contributed by atoms with E-state index in [0.29, 0.717) is 27.0 Å². The zero-order valence-electron chi connectivity index (χ0n) is 17.4. The van der Waals surface area contributed by atoms with Crippen LogP contribution in [0.15, 0.2) is 40.3 Å². The second kappa shape index (κ2) is 10.2. The molecule has 0 bridgehead atoms. The lowest BCUT2D eigenvalue weighted by Gasteiger charge is -2.13. The number of benzene rings is 2. The van der Waals surface area contributed by atoms with Crippen molar-refractivity contribution < 1.29 is 9.59 Å². The summed E-state index contributed by atoms with van der Waals surface area (Å²) in [4.78, 5) is 39.1. The highest BCUT2D eigenvalue weighted by Crippen LogP contribution is 2.30.